The van der Waals surface area contributed by atoms with Crippen LogP contribution >= 0.6 is 0 Å². The van der Waals surface area contributed by atoms with Crippen molar-refractivity contribution in [2.24, 2.45) is 5.73 Å². The van der Waals surface area contributed by atoms with Crippen molar-refractivity contribution >= 4 is 11.6 Å². The molecule has 0 saturated heterocycles. The lowest BCUT2D eigenvalue weighted by atomic mass is 10.1. The predicted molar refractivity (Wildman–Crippen MR) is 90.0 cm³/mol. The Morgan fingerprint density at radius 2 is 1.79 bits per heavy atom. The second-order valence-electron chi connectivity index (χ2n) is 5.97. The topological polar surface area (TPSA) is 89.5 Å². The normalized spacial score (nSPS) is 14.9. The van der Waals surface area contributed by atoms with E-state index < -0.39 is 11.0 Å². The van der Waals surface area contributed by atoms with E-state index in [2.05, 4.69) is 0 Å². The first kappa shape index (κ1) is 16.1. The van der Waals surface area contributed by atoms with Gasteiger partial charge in [0.25, 0.3) is 5.69 Å². The van der Waals surface area contributed by atoms with Crippen molar-refractivity contribution in [1.82, 2.24) is 4.90 Å². The fourth-order valence-electron chi connectivity index (χ4n) is 2.76. The number of nitro groups is 1. The third-order valence-corrected chi connectivity index (χ3v) is 4.22. The molecule has 1 atom stereocenters. The summed E-state index contributed by atoms with van der Waals surface area (Å²) in [7, 11) is 0. The summed E-state index contributed by atoms with van der Waals surface area (Å²) in [6.07, 6.45) is 1.82. The molecule has 0 aromatic heterocycles. The van der Waals surface area contributed by atoms with Gasteiger partial charge in [-0.25, -0.2) is 0 Å². The van der Waals surface area contributed by atoms with Crippen LogP contribution in [0, 0.1) is 10.1 Å². The zero-order chi connectivity index (χ0) is 17.1. The highest BCUT2D eigenvalue weighted by molar-refractivity contribution is 5.83. The van der Waals surface area contributed by atoms with Crippen molar-refractivity contribution in [2.75, 3.05) is 0 Å². The summed E-state index contributed by atoms with van der Waals surface area (Å²) in [6.45, 7) is 0.210. The van der Waals surface area contributed by atoms with Gasteiger partial charge in [0, 0.05) is 17.7 Å². The summed E-state index contributed by atoms with van der Waals surface area (Å²) in [5, 5.41) is 11.2. The molecule has 6 nitrogen and oxygen atoms in total. The van der Waals surface area contributed by atoms with E-state index in [1.807, 2.05) is 30.3 Å². The highest BCUT2D eigenvalue weighted by atomic mass is 16.6. The highest BCUT2D eigenvalue weighted by Gasteiger charge is 2.36. The Kier molecular flexibility index (Phi) is 4.57. The molecular formula is C18H19N3O3. The summed E-state index contributed by atoms with van der Waals surface area (Å²) in [5.41, 5.74) is 7.44. The lowest BCUT2D eigenvalue weighted by Gasteiger charge is -2.26. The lowest BCUT2D eigenvalue weighted by molar-refractivity contribution is -0.385. The number of carbonyl (C=O) groups is 1. The summed E-state index contributed by atoms with van der Waals surface area (Å²) in [4.78, 5) is 25.3. The van der Waals surface area contributed by atoms with Gasteiger partial charge < -0.3 is 10.6 Å². The van der Waals surface area contributed by atoms with Crippen molar-refractivity contribution in [3.05, 3.63) is 75.8 Å². The molecule has 1 aliphatic rings. The Morgan fingerprint density at radius 3 is 2.42 bits per heavy atom. The standard InChI is InChI=1S/C18H19N3O3/c19-17(13-6-2-1-3-7-13)18(22)20(15-10-11-15)12-14-8-4-5-9-16(14)21(23)24/h1-9,15,17H,10-12,19H2/t17-/m0/s1. The van der Waals surface area contributed by atoms with Gasteiger partial charge in [-0.05, 0) is 18.4 Å². The molecule has 0 aliphatic heterocycles. The van der Waals surface area contributed by atoms with Gasteiger partial charge in [0.1, 0.15) is 6.04 Å². The smallest absolute Gasteiger partial charge is 0.274 e. The summed E-state index contributed by atoms with van der Waals surface area (Å²) in [5.74, 6) is -0.193. The van der Waals surface area contributed by atoms with Gasteiger partial charge >= 0.3 is 0 Å². The van der Waals surface area contributed by atoms with Crippen LogP contribution in [0.15, 0.2) is 54.6 Å². The maximum Gasteiger partial charge on any atom is 0.274 e. The molecule has 2 aromatic carbocycles. The quantitative estimate of drug-likeness (QED) is 0.653. The average Bonchev–Trinajstić information content (AvgIpc) is 3.44. The minimum absolute atomic E-state index is 0.0317. The Hall–Kier alpha value is -2.73. The Balaban J connectivity index is 1.83. The van der Waals surface area contributed by atoms with Crippen LogP contribution in [0.4, 0.5) is 5.69 Å². The molecule has 2 aromatic rings. The van der Waals surface area contributed by atoms with E-state index in [9.17, 15) is 14.9 Å². The molecule has 1 aliphatic carbocycles. The van der Waals surface area contributed by atoms with Gasteiger partial charge in [0.05, 0.1) is 11.5 Å². The van der Waals surface area contributed by atoms with Crippen LogP contribution in [-0.2, 0) is 11.3 Å². The minimum Gasteiger partial charge on any atom is -0.333 e. The second kappa shape index (κ2) is 6.80. The molecular weight excluding hydrogens is 306 g/mol. The van der Waals surface area contributed by atoms with E-state index in [1.165, 1.54) is 6.07 Å². The molecule has 6 heteroatoms. The first-order valence-electron chi connectivity index (χ1n) is 7.91. The monoisotopic (exact) mass is 325 g/mol. The first-order chi connectivity index (χ1) is 11.6. The van der Waals surface area contributed by atoms with E-state index in [0.717, 1.165) is 18.4 Å². The molecule has 124 valence electrons. The zero-order valence-corrected chi connectivity index (χ0v) is 13.2. The Morgan fingerprint density at radius 1 is 1.17 bits per heavy atom. The number of nitrogens with zero attached hydrogens (tertiary/aromatic N) is 2. The molecule has 0 radical (unpaired) electrons. The Labute approximate surface area is 140 Å². The molecule has 1 saturated carbocycles. The van der Waals surface area contributed by atoms with Gasteiger partial charge in [0.15, 0.2) is 0 Å². The van der Waals surface area contributed by atoms with Crippen LogP contribution in [-0.4, -0.2) is 21.8 Å². The molecule has 0 spiro atoms. The fraction of sp³-hybridized carbons (Fsp3) is 0.278. The predicted octanol–water partition coefficient (Wildman–Crippen LogP) is 2.79. The van der Waals surface area contributed by atoms with Crippen molar-refractivity contribution < 1.29 is 9.72 Å². The van der Waals surface area contributed by atoms with Gasteiger partial charge in [-0.15, -0.1) is 0 Å². The second-order valence-corrected chi connectivity index (χ2v) is 5.97. The van der Waals surface area contributed by atoms with E-state index >= 15 is 0 Å². The summed E-state index contributed by atoms with van der Waals surface area (Å²) < 4.78 is 0. The molecule has 1 amide bonds. The van der Waals surface area contributed by atoms with Crippen LogP contribution in [0.5, 0.6) is 0 Å². The van der Waals surface area contributed by atoms with Crippen LogP contribution in [0.2, 0.25) is 0 Å². The van der Waals surface area contributed by atoms with Gasteiger partial charge in [0.2, 0.25) is 5.91 Å². The zero-order valence-electron chi connectivity index (χ0n) is 13.2. The van der Waals surface area contributed by atoms with Gasteiger partial charge in [-0.1, -0.05) is 48.5 Å². The molecule has 0 bridgehead atoms. The van der Waals surface area contributed by atoms with Crippen molar-refractivity contribution in [1.29, 1.82) is 0 Å². The number of hydrogen-bond donors (Lipinski definition) is 1. The van der Waals surface area contributed by atoms with Gasteiger partial charge in [-0.2, -0.15) is 0 Å². The number of nitro benzene ring substituents is 1. The Bertz CT molecular complexity index is 744. The van der Waals surface area contributed by atoms with Crippen LogP contribution in [0.25, 0.3) is 0 Å². The van der Waals surface area contributed by atoms with Crippen LogP contribution in [0.3, 0.4) is 0 Å². The van der Waals surface area contributed by atoms with E-state index in [-0.39, 0.29) is 24.2 Å². The van der Waals surface area contributed by atoms with Crippen molar-refractivity contribution in [3.8, 4) is 0 Å². The number of carbonyl (C=O) groups excluding carboxylic acids is 1. The fourth-order valence-corrected chi connectivity index (χ4v) is 2.76. The van der Waals surface area contributed by atoms with Crippen molar-refractivity contribution in [2.45, 2.75) is 31.5 Å². The summed E-state index contributed by atoms with van der Waals surface area (Å²) >= 11 is 0. The number of para-hydroxylation sites is 1. The molecule has 0 unspecified atom stereocenters. The third kappa shape index (κ3) is 3.44. The van der Waals surface area contributed by atoms with Crippen LogP contribution < -0.4 is 5.73 Å². The molecule has 24 heavy (non-hydrogen) atoms. The number of amides is 1. The number of hydrogen-bond acceptors (Lipinski definition) is 4. The first-order valence-corrected chi connectivity index (χ1v) is 7.91. The average molecular weight is 325 g/mol. The van der Waals surface area contributed by atoms with E-state index in [4.69, 9.17) is 5.73 Å². The molecule has 3 rings (SSSR count). The molecule has 1 fully saturated rings. The molecule has 0 heterocycles. The van der Waals surface area contributed by atoms with Crippen molar-refractivity contribution in [3.63, 3.8) is 0 Å². The minimum atomic E-state index is -0.755. The number of rotatable bonds is 6. The third-order valence-electron chi connectivity index (χ3n) is 4.22. The lowest BCUT2D eigenvalue weighted by Crippen LogP contribution is -2.39. The highest BCUT2D eigenvalue weighted by Crippen LogP contribution is 2.32. The molecule has 2 N–H and O–H groups in total. The number of nitrogens with two attached hydrogens (primary N) is 1. The van der Waals surface area contributed by atoms with Crippen LogP contribution in [0.1, 0.15) is 30.0 Å². The summed E-state index contributed by atoms with van der Waals surface area (Å²) in [6, 6.07) is 15.1. The number of benzene rings is 2. The maximum atomic E-state index is 12.8. The van der Waals surface area contributed by atoms with Gasteiger partial charge in [-0.3, -0.25) is 14.9 Å². The maximum absolute atomic E-state index is 12.8. The van der Waals surface area contributed by atoms with E-state index in [0.29, 0.717) is 5.56 Å². The van der Waals surface area contributed by atoms with E-state index in [1.54, 1.807) is 23.1 Å². The largest absolute Gasteiger partial charge is 0.333 e. The SMILES string of the molecule is N[C@H](C(=O)N(Cc1ccccc1[N+](=O)[O-])C1CC1)c1ccccc1.